The molecule has 2 aromatic rings. The molecular formula is C21H24N4O2. The summed E-state index contributed by atoms with van der Waals surface area (Å²) >= 11 is 0. The molecule has 6 nitrogen and oxygen atoms in total. The Bertz CT molecular complexity index is 868. The van der Waals surface area contributed by atoms with Gasteiger partial charge < -0.3 is 16.0 Å². The number of aromatic nitrogens is 1. The number of amides is 2. The van der Waals surface area contributed by atoms with Gasteiger partial charge in [0.05, 0.1) is 17.9 Å². The summed E-state index contributed by atoms with van der Waals surface area (Å²) < 4.78 is 0. The normalized spacial score (nSPS) is 23.9. The Hall–Kier alpha value is -2.89. The van der Waals surface area contributed by atoms with Gasteiger partial charge in [-0.2, -0.15) is 0 Å². The lowest BCUT2D eigenvalue weighted by Crippen LogP contribution is -2.47. The number of piperidine rings is 1. The number of hydrogen-bond acceptors (Lipinski definition) is 4. The molecule has 0 radical (unpaired) electrons. The molecule has 1 saturated carbocycles. The van der Waals surface area contributed by atoms with E-state index < -0.39 is 11.8 Å². The maximum atomic E-state index is 13.0. The number of nitrogens with two attached hydrogens (primary N) is 1. The zero-order valence-corrected chi connectivity index (χ0v) is 15.4. The Morgan fingerprint density at radius 1 is 1.22 bits per heavy atom. The maximum Gasteiger partial charge on any atom is 0.313 e. The number of fused-ring (bicyclic) bond motifs is 2. The molecule has 1 aromatic heterocycles. The van der Waals surface area contributed by atoms with Crippen molar-refractivity contribution in [2.24, 2.45) is 11.8 Å². The van der Waals surface area contributed by atoms with Crippen LogP contribution in [0.4, 0.5) is 11.5 Å². The summed E-state index contributed by atoms with van der Waals surface area (Å²) in [6, 6.07) is 11.7. The Labute approximate surface area is 158 Å². The number of benzene rings is 1. The van der Waals surface area contributed by atoms with E-state index in [2.05, 4.69) is 22.4 Å². The summed E-state index contributed by atoms with van der Waals surface area (Å²) in [6.45, 7) is 2.45. The Balaban J connectivity index is 1.56. The predicted molar refractivity (Wildman–Crippen MR) is 104 cm³/mol. The van der Waals surface area contributed by atoms with Gasteiger partial charge in [0.25, 0.3) is 0 Å². The summed E-state index contributed by atoms with van der Waals surface area (Å²) in [5.41, 5.74) is 8.07. The molecule has 27 heavy (non-hydrogen) atoms. The van der Waals surface area contributed by atoms with Gasteiger partial charge in [-0.1, -0.05) is 30.3 Å². The SMILES string of the molecule is Cc1cc(NC(=O)C(=O)N2C[C@H]3CC[C@H](C3)[C@H]2c2ccccc2)cnc1N. The molecule has 1 aromatic carbocycles. The highest BCUT2D eigenvalue weighted by Gasteiger charge is 2.44. The first-order chi connectivity index (χ1) is 13.0. The second-order valence-electron chi connectivity index (χ2n) is 7.63. The molecule has 140 valence electrons. The molecule has 3 N–H and O–H groups in total. The van der Waals surface area contributed by atoms with Crippen LogP contribution in [0.1, 0.15) is 36.4 Å². The monoisotopic (exact) mass is 364 g/mol. The highest BCUT2D eigenvalue weighted by atomic mass is 16.2. The van der Waals surface area contributed by atoms with Crippen LogP contribution >= 0.6 is 0 Å². The molecule has 4 rings (SSSR count). The average Bonchev–Trinajstić information content (AvgIpc) is 3.05. The van der Waals surface area contributed by atoms with Gasteiger partial charge in [-0.3, -0.25) is 9.59 Å². The number of pyridine rings is 1. The first-order valence-electron chi connectivity index (χ1n) is 9.42. The minimum Gasteiger partial charge on any atom is -0.383 e. The van der Waals surface area contributed by atoms with Crippen LogP contribution in [-0.2, 0) is 9.59 Å². The minimum atomic E-state index is -0.622. The van der Waals surface area contributed by atoms with E-state index in [9.17, 15) is 9.59 Å². The largest absolute Gasteiger partial charge is 0.383 e. The zero-order valence-electron chi connectivity index (χ0n) is 15.4. The van der Waals surface area contributed by atoms with Crippen molar-refractivity contribution >= 4 is 23.3 Å². The van der Waals surface area contributed by atoms with E-state index in [1.807, 2.05) is 25.1 Å². The fourth-order valence-corrected chi connectivity index (χ4v) is 4.49. The lowest BCUT2D eigenvalue weighted by molar-refractivity contribution is -0.147. The van der Waals surface area contributed by atoms with E-state index in [1.165, 1.54) is 6.20 Å². The molecule has 3 atom stereocenters. The Kier molecular flexibility index (Phi) is 4.56. The number of nitrogen functional groups attached to an aromatic ring is 1. The van der Waals surface area contributed by atoms with Crippen molar-refractivity contribution in [3.63, 3.8) is 0 Å². The third-order valence-corrected chi connectivity index (χ3v) is 5.79. The molecule has 2 bridgehead atoms. The molecule has 2 amide bonds. The van der Waals surface area contributed by atoms with Crippen LogP contribution in [0.5, 0.6) is 0 Å². The van der Waals surface area contributed by atoms with E-state index in [0.29, 0.717) is 29.9 Å². The molecule has 1 aliphatic carbocycles. The number of carbonyl (C=O) groups is 2. The maximum absolute atomic E-state index is 13.0. The van der Waals surface area contributed by atoms with Gasteiger partial charge in [0.1, 0.15) is 5.82 Å². The number of hydrogen-bond donors (Lipinski definition) is 2. The van der Waals surface area contributed by atoms with Gasteiger partial charge in [0.2, 0.25) is 0 Å². The van der Waals surface area contributed by atoms with Crippen LogP contribution in [0.2, 0.25) is 0 Å². The Morgan fingerprint density at radius 3 is 2.74 bits per heavy atom. The van der Waals surface area contributed by atoms with E-state index in [-0.39, 0.29) is 6.04 Å². The van der Waals surface area contributed by atoms with Gasteiger partial charge in [-0.15, -0.1) is 0 Å². The predicted octanol–water partition coefficient (Wildman–Crippen LogP) is 2.91. The van der Waals surface area contributed by atoms with Gasteiger partial charge in [0.15, 0.2) is 0 Å². The number of anilines is 2. The molecule has 0 unspecified atom stereocenters. The molecular weight excluding hydrogens is 340 g/mol. The minimum absolute atomic E-state index is 0.0329. The number of carbonyl (C=O) groups excluding carboxylic acids is 2. The van der Waals surface area contributed by atoms with Crippen LogP contribution in [0, 0.1) is 18.8 Å². The smallest absolute Gasteiger partial charge is 0.313 e. The van der Waals surface area contributed by atoms with E-state index in [0.717, 1.165) is 30.4 Å². The number of rotatable bonds is 2. The summed E-state index contributed by atoms with van der Waals surface area (Å²) in [5.74, 6) is 0.227. The van der Waals surface area contributed by atoms with Crippen molar-refractivity contribution in [3.05, 3.63) is 53.7 Å². The average molecular weight is 364 g/mol. The van der Waals surface area contributed by atoms with Crippen LogP contribution < -0.4 is 11.1 Å². The van der Waals surface area contributed by atoms with Crippen molar-refractivity contribution in [2.75, 3.05) is 17.6 Å². The quantitative estimate of drug-likeness (QED) is 0.802. The summed E-state index contributed by atoms with van der Waals surface area (Å²) in [7, 11) is 0. The molecule has 2 heterocycles. The lowest BCUT2D eigenvalue weighted by Gasteiger charge is -2.40. The van der Waals surface area contributed by atoms with Crippen LogP contribution in [0.25, 0.3) is 0 Å². The molecule has 1 aliphatic heterocycles. The third-order valence-electron chi connectivity index (χ3n) is 5.79. The first kappa shape index (κ1) is 17.5. The van der Waals surface area contributed by atoms with Crippen molar-refractivity contribution in [3.8, 4) is 0 Å². The number of aryl methyl sites for hydroxylation is 1. The molecule has 2 fully saturated rings. The van der Waals surface area contributed by atoms with Crippen molar-refractivity contribution in [1.82, 2.24) is 9.88 Å². The Morgan fingerprint density at radius 2 is 2.00 bits per heavy atom. The van der Waals surface area contributed by atoms with Gasteiger partial charge in [-0.05, 0) is 55.2 Å². The second kappa shape index (κ2) is 7.02. The fraction of sp³-hybridized carbons (Fsp3) is 0.381. The number of nitrogens with zero attached hydrogens (tertiary/aromatic N) is 2. The summed E-state index contributed by atoms with van der Waals surface area (Å²) in [5, 5.41) is 2.68. The lowest BCUT2D eigenvalue weighted by atomic mass is 9.86. The molecule has 6 heteroatoms. The van der Waals surface area contributed by atoms with Crippen molar-refractivity contribution in [1.29, 1.82) is 0 Å². The first-order valence-corrected chi connectivity index (χ1v) is 9.42. The van der Waals surface area contributed by atoms with Crippen molar-refractivity contribution < 1.29 is 9.59 Å². The van der Waals surface area contributed by atoms with E-state index in [1.54, 1.807) is 11.0 Å². The van der Waals surface area contributed by atoms with E-state index >= 15 is 0 Å². The summed E-state index contributed by atoms with van der Waals surface area (Å²) in [4.78, 5) is 31.5. The molecule has 2 aliphatic rings. The van der Waals surface area contributed by atoms with E-state index in [4.69, 9.17) is 5.73 Å². The highest BCUT2D eigenvalue weighted by Crippen LogP contribution is 2.47. The topological polar surface area (TPSA) is 88.3 Å². The van der Waals surface area contributed by atoms with Gasteiger partial charge >= 0.3 is 11.8 Å². The van der Waals surface area contributed by atoms with Crippen LogP contribution in [0.15, 0.2) is 42.6 Å². The van der Waals surface area contributed by atoms with Crippen LogP contribution in [-0.4, -0.2) is 28.2 Å². The van der Waals surface area contributed by atoms with Crippen molar-refractivity contribution in [2.45, 2.75) is 32.2 Å². The zero-order chi connectivity index (χ0) is 19.0. The second-order valence-corrected chi connectivity index (χ2v) is 7.63. The molecule has 1 saturated heterocycles. The summed E-state index contributed by atoms with van der Waals surface area (Å²) in [6.07, 6.45) is 4.84. The molecule has 0 spiro atoms. The number of nitrogens with one attached hydrogen (secondary N) is 1. The van der Waals surface area contributed by atoms with Gasteiger partial charge in [-0.25, -0.2) is 4.98 Å². The highest BCUT2D eigenvalue weighted by molar-refractivity contribution is 6.39. The fourth-order valence-electron chi connectivity index (χ4n) is 4.49. The third kappa shape index (κ3) is 3.39. The standard InChI is InChI=1S/C21H24N4O2/c1-13-9-17(11-23-19(13)22)24-20(26)21(27)25-12-14-7-8-16(10-14)18(25)15-5-3-2-4-6-15/h2-6,9,11,14,16,18H,7-8,10,12H2,1H3,(H2,22,23)(H,24,26)/t14-,16+,18+/m0/s1. The van der Waals surface area contributed by atoms with Crippen LogP contribution in [0.3, 0.4) is 0 Å². The number of likely N-dealkylation sites (tertiary alicyclic amines) is 1. The van der Waals surface area contributed by atoms with Gasteiger partial charge in [0, 0.05) is 6.54 Å².